The lowest BCUT2D eigenvalue weighted by Crippen LogP contribution is -2.29. The van der Waals surface area contributed by atoms with Gasteiger partial charge < -0.3 is 10.1 Å². The molecule has 3 unspecified atom stereocenters. The molecule has 0 radical (unpaired) electrons. The molecule has 19 heavy (non-hydrogen) atoms. The third kappa shape index (κ3) is 3.69. The summed E-state index contributed by atoms with van der Waals surface area (Å²) < 4.78 is 6.06. The minimum absolute atomic E-state index is 0.341. The monoisotopic (exact) mass is 262 g/mol. The fraction of sp³-hybridized carbons (Fsp3) is 0.688. The molecule has 0 aliphatic heterocycles. The maximum atomic E-state index is 6.06. The molecule has 3 atom stereocenters. The number of ether oxygens (including phenoxy) is 1. The minimum Gasteiger partial charge on any atom is -0.474 e. The van der Waals surface area contributed by atoms with Crippen LogP contribution in [0.25, 0.3) is 0 Å². The number of hydrogen-bond acceptors (Lipinski definition) is 3. The number of nitrogens with zero attached hydrogens (tertiary/aromatic N) is 1. The van der Waals surface area contributed by atoms with Gasteiger partial charge in [0.2, 0.25) is 5.88 Å². The normalized spacial score (nSPS) is 27.3. The smallest absolute Gasteiger partial charge is 0.213 e. The fourth-order valence-electron chi connectivity index (χ4n) is 2.79. The van der Waals surface area contributed by atoms with E-state index in [2.05, 4.69) is 30.2 Å². The van der Waals surface area contributed by atoms with Crippen LogP contribution < -0.4 is 10.1 Å². The van der Waals surface area contributed by atoms with Crippen LogP contribution in [-0.4, -0.2) is 18.1 Å². The van der Waals surface area contributed by atoms with Gasteiger partial charge in [-0.15, -0.1) is 0 Å². The van der Waals surface area contributed by atoms with Crippen molar-refractivity contribution >= 4 is 0 Å². The van der Waals surface area contributed by atoms with Crippen molar-refractivity contribution in [3.8, 4) is 5.88 Å². The summed E-state index contributed by atoms with van der Waals surface area (Å²) in [7, 11) is 1.95. The molecule has 1 saturated carbocycles. The molecule has 1 aromatic heterocycles. The lowest BCUT2D eigenvalue weighted by Gasteiger charge is -2.32. The average molecular weight is 262 g/mol. The summed E-state index contributed by atoms with van der Waals surface area (Å²) in [6.45, 7) is 7.58. The first kappa shape index (κ1) is 14.3. The summed E-state index contributed by atoms with van der Waals surface area (Å²) in [5.41, 5.74) is 2.30. The van der Waals surface area contributed by atoms with Crippen LogP contribution in [0.5, 0.6) is 5.88 Å². The summed E-state index contributed by atoms with van der Waals surface area (Å²) in [6, 6.07) is 4.12. The van der Waals surface area contributed by atoms with E-state index in [1.54, 1.807) is 0 Å². The summed E-state index contributed by atoms with van der Waals surface area (Å²) >= 11 is 0. The number of aromatic nitrogens is 1. The first-order chi connectivity index (χ1) is 9.10. The van der Waals surface area contributed by atoms with E-state index < -0.39 is 0 Å². The van der Waals surface area contributed by atoms with E-state index in [4.69, 9.17) is 4.74 Å². The second-order valence-electron chi connectivity index (χ2n) is 5.93. The minimum atomic E-state index is 0.341. The van der Waals surface area contributed by atoms with Gasteiger partial charge in [0.1, 0.15) is 6.10 Å². The van der Waals surface area contributed by atoms with Gasteiger partial charge >= 0.3 is 0 Å². The largest absolute Gasteiger partial charge is 0.474 e. The van der Waals surface area contributed by atoms with Gasteiger partial charge in [-0.2, -0.15) is 0 Å². The van der Waals surface area contributed by atoms with Crippen LogP contribution in [0.1, 0.15) is 44.4 Å². The first-order valence-electron chi connectivity index (χ1n) is 7.38. The lowest BCUT2D eigenvalue weighted by molar-refractivity contribution is 0.0963. The zero-order chi connectivity index (χ0) is 13.8. The van der Waals surface area contributed by atoms with E-state index in [1.807, 2.05) is 20.0 Å². The van der Waals surface area contributed by atoms with Crippen LogP contribution in [0.4, 0.5) is 0 Å². The third-order valence-corrected chi connectivity index (χ3v) is 4.37. The van der Waals surface area contributed by atoms with Crippen molar-refractivity contribution in [3.05, 3.63) is 23.4 Å². The molecule has 1 aromatic rings. The molecule has 1 aliphatic rings. The molecule has 0 spiro atoms. The zero-order valence-corrected chi connectivity index (χ0v) is 12.6. The van der Waals surface area contributed by atoms with Crippen LogP contribution in [0.3, 0.4) is 0 Å². The van der Waals surface area contributed by atoms with Gasteiger partial charge in [0.05, 0.1) is 0 Å². The van der Waals surface area contributed by atoms with Crippen molar-refractivity contribution in [2.75, 3.05) is 7.05 Å². The molecular formula is C16H26N2O. The predicted octanol–water partition coefficient (Wildman–Crippen LogP) is 3.31. The summed E-state index contributed by atoms with van der Waals surface area (Å²) in [4.78, 5) is 4.57. The standard InChI is InChI=1S/C16H26N2O/c1-11-5-7-15(9-12(11)2)19-16-8-6-14(10-17-4)13(3)18-16/h6,8,11-12,15,17H,5,7,9-10H2,1-4H3. The van der Waals surface area contributed by atoms with Gasteiger partial charge in [0.25, 0.3) is 0 Å². The molecule has 2 rings (SSSR count). The Morgan fingerprint density at radius 3 is 2.68 bits per heavy atom. The van der Waals surface area contributed by atoms with Crippen molar-refractivity contribution in [3.63, 3.8) is 0 Å². The third-order valence-electron chi connectivity index (χ3n) is 4.37. The Balaban J connectivity index is 1.98. The maximum absolute atomic E-state index is 6.06. The second kappa shape index (κ2) is 6.38. The van der Waals surface area contributed by atoms with Crippen LogP contribution in [0.2, 0.25) is 0 Å². The Hall–Kier alpha value is -1.09. The fourth-order valence-corrected chi connectivity index (χ4v) is 2.79. The number of rotatable bonds is 4. The van der Waals surface area contributed by atoms with E-state index in [9.17, 15) is 0 Å². The Bertz CT molecular complexity index is 419. The van der Waals surface area contributed by atoms with Gasteiger partial charge in [0, 0.05) is 18.3 Å². The maximum Gasteiger partial charge on any atom is 0.213 e. The number of hydrogen-bond donors (Lipinski definition) is 1. The highest BCUT2D eigenvalue weighted by Crippen LogP contribution is 2.31. The van der Waals surface area contributed by atoms with Crippen molar-refractivity contribution in [1.29, 1.82) is 0 Å². The van der Waals surface area contributed by atoms with Crippen molar-refractivity contribution in [2.24, 2.45) is 11.8 Å². The first-order valence-corrected chi connectivity index (χ1v) is 7.38. The molecule has 3 nitrogen and oxygen atoms in total. The SMILES string of the molecule is CNCc1ccc(OC2CCC(C)C(C)C2)nc1C. The number of nitrogens with one attached hydrogen (secondary N) is 1. The summed E-state index contributed by atoms with van der Waals surface area (Å²) in [5.74, 6) is 2.36. The number of pyridine rings is 1. The Kier molecular flexibility index (Phi) is 4.81. The van der Waals surface area contributed by atoms with E-state index in [0.717, 1.165) is 42.8 Å². The molecule has 1 heterocycles. The lowest BCUT2D eigenvalue weighted by atomic mass is 9.80. The highest BCUT2D eigenvalue weighted by Gasteiger charge is 2.26. The molecule has 0 amide bonds. The van der Waals surface area contributed by atoms with E-state index in [1.165, 1.54) is 12.0 Å². The molecule has 1 fully saturated rings. The van der Waals surface area contributed by atoms with Gasteiger partial charge in [-0.3, -0.25) is 0 Å². The molecular weight excluding hydrogens is 236 g/mol. The van der Waals surface area contributed by atoms with Crippen LogP contribution in [0.15, 0.2) is 12.1 Å². The average Bonchev–Trinajstić information content (AvgIpc) is 2.37. The van der Waals surface area contributed by atoms with Crippen molar-refractivity contribution in [2.45, 2.75) is 52.7 Å². The van der Waals surface area contributed by atoms with Crippen LogP contribution in [0, 0.1) is 18.8 Å². The Morgan fingerprint density at radius 2 is 2.05 bits per heavy atom. The van der Waals surface area contributed by atoms with Gasteiger partial charge in [-0.05, 0) is 50.6 Å². The molecule has 106 valence electrons. The quantitative estimate of drug-likeness (QED) is 0.904. The Labute approximate surface area is 116 Å². The number of aryl methyl sites for hydroxylation is 1. The van der Waals surface area contributed by atoms with Gasteiger partial charge in [-0.25, -0.2) is 4.98 Å². The molecule has 1 N–H and O–H groups in total. The highest BCUT2D eigenvalue weighted by atomic mass is 16.5. The predicted molar refractivity (Wildman–Crippen MR) is 78.3 cm³/mol. The molecule has 3 heteroatoms. The second-order valence-corrected chi connectivity index (χ2v) is 5.93. The molecule has 1 aliphatic carbocycles. The van der Waals surface area contributed by atoms with Gasteiger partial charge in [0.15, 0.2) is 0 Å². The van der Waals surface area contributed by atoms with Crippen molar-refractivity contribution in [1.82, 2.24) is 10.3 Å². The summed E-state index contributed by atoms with van der Waals surface area (Å²) in [5, 5.41) is 3.16. The highest BCUT2D eigenvalue weighted by molar-refractivity contribution is 5.25. The molecule has 0 bridgehead atoms. The molecule has 0 saturated heterocycles. The topological polar surface area (TPSA) is 34.1 Å². The molecule has 0 aromatic carbocycles. The summed E-state index contributed by atoms with van der Waals surface area (Å²) in [6.07, 6.45) is 3.92. The van der Waals surface area contributed by atoms with Crippen LogP contribution in [-0.2, 0) is 6.54 Å². The zero-order valence-electron chi connectivity index (χ0n) is 12.6. The van der Waals surface area contributed by atoms with E-state index in [-0.39, 0.29) is 0 Å². The Morgan fingerprint density at radius 1 is 1.26 bits per heavy atom. The van der Waals surface area contributed by atoms with Gasteiger partial charge in [-0.1, -0.05) is 19.9 Å². The van der Waals surface area contributed by atoms with E-state index in [0.29, 0.717) is 6.10 Å². The van der Waals surface area contributed by atoms with E-state index >= 15 is 0 Å². The van der Waals surface area contributed by atoms with Crippen molar-refractivity contribution < 1.29 is 4.74 Å². The van der Waals surface area contributed by atoms with Crippen LogP contribution >= 0.6 is 0 Å².